The Bertz CT molecular complexity index is 1390. The van der Waals surface area contributed by atoms with Crippen LogP contribution in [0.25, 0.3) is 0 Å². The summed E-state index contributed by atoms with van der Waals surface area (Å²) in [5, 5.41) is 3.14. The van der Waals surface area contributed by atoms with Gasteiger partial charge in [-0.05, 0) is 60.6 Å². The summed E-state index contributed by atoms with van der Waals surface area (Å²) < 4.78 is 29.1. The van der Waals surface area contributed by atoms with Gasteiger partial charge in [0, 0.05) is 12.6 Å². The average Bonchev–Trinajstić information content (AvgIpc) is 3.49. The molecule has 218 valence electrons. The lowest BCUT2D eigenvalue weighted by atomic mass is 10.0. The van der Waals surface area contributed by atoms with Crippen molar-refractivity contribution >= 4 is 27.5 Å². The van der Waals surface area contributed by atoms with E-state index in [-0.39, 0.29) is 29.3 Å². The fourth-order valence-electron chi connectivity index (χ4n) is 5.34. The van der Waals surface area contributed by atoms with Crippen LogP contribution in [0.1, 0.15) is 69.9 Å². The van der Waals surface area contributed by atoms with Crippen molar-refractivity contribution in [2.24, 2.45) is 0 Å². The first-order valence-corrected chi connectivity index (χ1v) is 16.0. The Morgan fingerprint density at radius 2 is 1.46 bits per heavy atom. The molecule has 1 aliphatic carbocycles. The van der Waals surface area contributed by atoms with Crippen LogP contribution in [0, 0.1) is 0 Å². The summed E-state index contributed by atoms with van der Waals surface area (Å²) in [5.74, 6) is -0.355. The molecule has 4 rings (SSSR count). The topological polar surface area (TPSA) is 86.8 Å². The molecule has 0 saturated heterocycles. The first kappa shape index (κ1) is 30.3. The molecule has 1 fully saturated rings. The third kappa shape index (κ3) is 7.55. The first-order valence-electron chi connectivity index (χ1n) is 14.5. The number of benzene rings is 3. The summed E-state index contributed by atoms with van der Waals surface area (Å²) in [4.78, 5) is 29.3. The van der Waals surface area contributed by atoms with Crippen molar-refractivity contribution in [1.82, 2.24) is 10.2 Å². The molecule has 0 aliphatic heterocycles. The number of nitrogens with zero attached hydrogens (tertiary/aromatic N) is 2. The predicted molar refractivity (Wildman–Crippen MR) is 163 cm³/mol. The van der Waals surface area contributed by atoms with Gasteiger partial charge in [0.1, 0.15) is 12.6 Å². The molecule has 0 spiro atoms. The molecule has 3 aromatic rings. The van der Waals surface area contributed by atoms with E-state index >= 15 is 0 Å². The molecule has 2 amide bonds. The molecule has 1 saturated carbocycles. The predicted octanol–water partition coefficient (Wildman–Crippen LogP) is 5.87. The number of carbonyl (C=O) groups excluding carboxylic acids is 2. The van der Waals surface area contributed by atoms with Crippen LogP contribution >= 0.6 is 0 Å². The number of nitrogens with one attached hydrogen (secondary N) is 1. The number of amides is 2. The van der Waals surface area contributed by atoms with Crippen LogP contribution in [0.5, 0.6) is 0 Å². The second kappa shape index (κ2) is 13.8. The highest BCUT2D eigenvalue weighted by Gasteiger charge is 2.34. The highest BCUT2D eigenvalue weighted by atomic mass is 32.2. The number of anilines is 1. The first-order chi connectivity index (χ1) is 19.7. The number of sulfonamides is 1. The summed E-state index contributed by atoms with van der Waals surface area (Å²) >= 11 is 0. The average molecular weight is 576 g/mol. The second-order valence-electron chi connectivity index (χ2n) is 11.0. The van der Waals surface area contributed by atoms with Gasteiger partial charge in [-0.2, -0.15) is 0 Å². The zero-order chi connectivity index (χ0) is 29.4. The maximum Gasteiger partial charge on any atom is 0.264 e. The van der Waals surface area contributed by atoms with E-state index in [1.54, 1.807) is 30.3 Å². The van der Waals surface area contributed by atoms with Gasteiger partial charge in [-0.25, -0.2) is 8.42 Å². The summed E-state index contributed by atoms with van der Waals surface area (Å²) in [6.45, 7) is 5.79. The van der Waals surface area contributed by atoms with Crippen LogP contribution in [0.15, 0.2) is 89.8 Å². The molecule has 1 atom stereocenters. The normalized spacial score (nSPS) is 14.5. The molecule has 7 nitrogen and oxygen atoms in total. The minimum Gasteiger partial charge on any atom is -0.352 e. The summed E-state index contributed by atoms with van der Waals surface area (Å²) in [6, 6.07) is 24.3. The number of carbonyl (C=O) groups is 2. The number of rotatable bonds is 12. The van der Waals surface area contributed by atoms with Crippen molar-refractivity contribution in [2.75, 3.05) is 10.8 Å². The number of hydrogen-bond donors (Lipinski definition) is 1. The second-order valence-corrected chi connectivity index (χ2v) is 12.9. The van der Waals surface area contributed by atoms with Crippen molar-refractivity contribution in [3.8, 4) is 0 Å². The zero-order valence-corrected chi connectivity index (χ0v) is 25.0. The molecule has 0 radical (unpaired) electrons. The van der Waals surface area contributed by atoms with Gasteiger partial charge in [-0.1, -0.05) is 94.3 Å². The molecular weight excluding hydrogens is 534 g/mol. The standard InChI is InChI=1S/C33H41N3O4S/c1-4-31(33(38)34-28-15-11-12-16-28)35(23-26-13-7-5-8-14-26)32(37)24-36(29-21-19-27(20-22-29)25(2)3)41(39,40)30-17-9-6-10-18-30/h5-10,13-14,17-22,25,28,31H,4,11-12,15-16,23-24H2,1-3H3,(H,34,38). The van der Waals surface area contributed by atoms with Gasteiger partial charge in [-0.3, -0.25) is 13.9 Å². The van der Waals surface area contributed by atoms with Crippen molar-refractivity contribution < 1.29 is 18.0 Å². The van der Waals surface area contributed by atoms with Crippen LogP contribution in [-0.2, 0) is 26.2 Å². The molecule has 8 heteroatoms. The van der Waals surface area contributed by atoms with E-state index in [1.165, 1.54) is 17.0 Å². The lowest BCUT2D eigenvalue weighted by Gasteiger charge is -2.33. The smallest absolute Gasteiger partial charge is 0.264 e. The van der Waals surface area contributed by atoms with Crippen molar-refractivity contribution in [1.29, 1.82) is 0 Å². The van der Waals surface area contributed by atoms with E-state index in [4.69, 9.17) is 0 Å². The van der Waals surface area contributed by atoms with Gasteiger partial charge < -0.3 is 10.2 Å². The summed E-state index contributed by atoms with van der Waals surface area (Å²) in [5.41, 5.74) is 2.33. The molecular formula is C33H41N3O4S. The van der Waals surface area contributed by atoms with E-state index in [2.05, 4.69) is 19.2 Å². The zero-order valence-electron chi connectivity index (χ0n) is 24.2. The van der Waals surface area contributed by atoms with E-state index < -0.39 is 28.5 Å². The van der Waals surface area contributed by atoms with Crippen molar-refractivity contribution in [3.05, 3.63) is 96.1 Å². The van der Waals surface area contributed by atoms with Crippen molar-refractivity contribution in [2.45, 2.75) is 82.3 Å². The number of hydrogen-bond acceptors (Lipinski definition) is 4. The highest BCUT2D eigenvalue weighted by Crippen LogP contribution is 2.27. The molecule has 41 heavy (non-hydrogen) atoms. The van der Waals surface area contributed by atoms with E-state index in [0.717, 1.165) is 41.1 Å². The maximum atomic E-state index is 14.2. The van der Waals surface area contributed by atoms with Gasteiger partial charge in [0.25, 0.3) is 10.0 Å². The maximum absolute atomic E-state index is 14.2. The minimum atomic E-state index is -4.07. The minimum absolute atomic E-state index is 0.0985. The van der Waals surface area contributed by atoms with Gasteiger partial charge in [-0.15, -0.1) is 0 Å². The van der Waals surface area contributed by atoms with E-state index in [0.29, 0.717) is 12.1 Å². The molecule has 0 aromatic heterocycles. The fourth-order valence-corrected chi connectivity index (χ4v) is 6.78. The van der Waals surface area contributed by atoms with Gasteiger partial charge >= 0.3 is 0 Å². The van der Waals surface area contributed by atoms with E-state index in [1.807, 2.05) is 49.4 Å². The Labute approximate surface area is 244 Å². The molecule has 1 N–H and O–H groups in total. The quantitative estimate of drug-likeness (QED) is 0.293. The molecule has 3 aromatic carbocycles. The largest absolute Gasteiger partial charge is 0.352 e. The summed E-state index contributed by atoms with van der Waals surface area (Å²) in [6.07, 6.45) is 4.44. The Hall–Kier alpha value is -3.65. The van der Waals surface area contributed by atoms with Crippen LogP contribution in [-0.4, -0.2) is 43.8 Å². The Morgan fingerprint density at radius 3 is 2.02 bits per heavy atom. The lowest BCUT2D eigenvalue weighted by Crippen LogP contribution is -2.53. The Kier molecular flexibility index (Phi) is 10.2. The van der Waals surface area contributed by atoms with Crippen LogP contribution in [0.2, 0.25) is 0 Å². The van der Waals surface area contributed by atoms with Crippen LogP contribution < -0.4 is 9.62 Å². The molecule has 1 unspecified atom stereocenters. The highest BCUT2D eigenvalue weighted by molar-refractivity contribution is 7.92. The van der Waals surface area contributed by atoms with Crippen molar-refractivity contribution in [3.63, 3.8) is 0 Å². The molecule has 0 bridgehead atoms. The fraction of sp³-hybridized carbons (Fsp3) is 0.394. The van der Waals surface area contributed by atoms with Gasteiger partial charge in [0.05, 0.1) is 10.6 Å². The SMILES string of the molecule is CCC(C(=O)NC1CCCC1)N(Cc1ccccc1)C(=O)CN(c1ccc(C(C)C)cc1)S(=O)(=O)c1ccccc1. The molecule has 1 aliphatic rings. The monoisotopic (exact) mass is 575 g/mol. The van der Waals surface area contributed by atoms with Gasteiger partial charge in [0.15, 0.2) is 0 Å². The lowest BCUT2D eigenvalue weighted by molar-refractivity contribution is -0.140. The Balaban J connectivity index is 1.70. The summed E-state index contributed by atoms with van der Waals surface area (Å²) in [7, 11) is -4.07. The van der Waals surface area contributed by atoms with Gasteiger partial charge in [0.2, 0.25) is 11.8 Å². The Morgan fingerprint density at radius 1 is 0.878 bits per heavy atom. The third-order valence-electron chi connectivity index (χ3n) is 7.74. The van der Waals surface area contributed by atoms with Crippen LogP contribution in [0.3, 0.4) is 0 Å². The molecule has 0 heterocycles. The third-order valence-corrected chi connectivity index (χ3v) is 9.53. The van der Waals surface area contributed by atoms with E-state index in [9.17, 15) is 18.0 Å². The van der Waals surface area contributed by atoms with Crippen LogP contribution in [0.4, 0.5) is 5.69 Å².